The molecule has 2 saturated heterocycles. The monoisotopic (exact) mass is 240 g/mol. The maximum atomic E-state index is 3.46. The zero-order valence-corrected chi connectivity index (χ0v) is 11.1. The largest absolute Gasteiger partial charge is 0.315 e. The molecule has 0 unspecified atom stereocenters. The highest BCUT2D eigenvalue weighted by Crippen LogP contribution is 2.00. The van der Waals surface area contributed by atoms with Gasteiger partial charge in [-0.1, -0.05) is 0 Å². The predicted molar refractivity (Wildman–Crippen MR) is 72.5 cm³/mol. The molecule has 4 nitrogen and oxygen atoms in total. The second-order valence-electron chi connectivity index (χ2n) is 5.24. The zero-order valence-electron chi connectivity index (χ0n) is 11.1. The van der Waals surface area contributed by atoms with Gasteiger partial charge in [-0.3, -0.25) is 0 Å². The lowest BCUT2D eigenvalue weighted by molar-refractivity contribution is 0.241. The fourth-order valence-electron chi connectivity index (χ4n) is 2.77. The first kappa shape index (κ1) is 13.3. The van der Waals surface area contributed by atoms with Crippen molar-refractivity contribution >= 4 is 0 Å². The van der Waals surface area contributed by atoms with E-state index >= 15 is 0 Å². The van der Waals surface area contributed by atoms with Crippen LogP contribution < -0.4 is 10.6 Å². The fourth-order valence-corrected chi connectivity index (χ4v) is 2.77. The molecule has 0 aromatic carbocycles. The van der Waals surface area contributed by atoms with Gasteiger partial charge in [0, 0.05) is 26.2 Å². The molecule has 0 amide bonds. The minimum Gasteiger partial charge on any atom is -0.315 e. The Bertz CT molecular complexity index is 162. The van der Waals surface area contributed by atoms with Gasteiger partial charge < -0.3 is 20.4 Å². The Labute approximate surface area is 106 Å². The van der Waals surface area contributed by atoms with Crippen LogP contribution in [0.3, 0.4) is 0 Å². The van der Waals surface area contributed by atoms with Crippen LogP contribution in [0.15, 0.2) is 0 Å². The number of hydrogen-bond acceptors (Lipinski definition) is 4. The summed E-state index contributed by atoms with van der Waals surface area (Å²) in [6.45, 7) is 12.4. The first-order valence-corrected chi connectivity index (χ1v) is 7.31. The van der Waals surface area contributed by atoms with Crippen LogP contribution in [0.4, 0.5) is 0 Å². The van der Waals surface area contributed by atoms with E-state index < -0.39 is 0 Å². The van der Waals surface area contributed by atoms with Gasteiger partial charge >= 0.3 is 0 Å². The average Bonchev–Trinajstić information content (AvgIpc) is 2.73. The third-order valence-corrected chi connectivity index (χ3v) is 3.81. The van der Waals surface area contributed by atoms with Crippen molar-refractivity contribution < 1.29 is 0 Å². The van der Waals surface area contributed by atoms with Crippen LogP contribution in [0.2, 0.25) is 0 Å². The molecule has 2 aliphatic heterocycles. The van der Waals surface area contributed by atoms with E-state index in [0.717, 1.165) is 0 Å². The van der Waals surface area contributed by atoms with Gasteiger partial charge in [0.05, 0.1) is 0 Å². The predicted octanol–water partition coefficient (Wildman–Crippen LogP) is -0.0329. The smallest absolute Gasteiger partial charge is 0.0107 e. The summed E-state index contributed by atoms with van der Waals surface area (Å²) in [4.78, 5) is 5.24. The maximum Gasteiger partial charge on any atom is 0.0107 e. The molecule has 100 valence electrons. The highest BCUT2D eigenvalue weighted by Gasteiger charge is 2.10. The Morgan fingerprint density at radius 3 is 1.71 bits per heavy atom. The average molecular weight is 240 g/mol. The lowest BCUT2D eigenvalue weighted by atomic mass is 10.3. The molecule has 0 saturated carbocycles. The number of hydrogen-bond donors (Lipinski definition) is 2. The van der Waals surface area contributed by atoms with Crippen molar-refractivity contribution in [2.45, 2.75) is 19.3 Å². The van der Waals surface area contributed by atoms with E-state index in [1.165, 1.54) is 84.7 Å². The normalized spacial score (nSPS) is 25.4. The van der Waals surface area contributed by atoms with Gasteiger partial charge in [-0.25, -0.2) is 0 Å². The standard InChI is InChI=1S/C13H28N4/c1-4-14-6-12-16(8-1)10-3-11-17-9-2-5-15-7-13-17/h14-15H,1-13H2. The highest BCUT2D eigenvalue weighted by molar-refractivity contribution is 4.69. The van der Waals surface area contributed by atoms with Gasteiger partial charge in [0.2, 0.25) is 0 Å². The van der Waals surface area contributed by atoms with E-state index in [1.54, 1.807) is 0 Å². The van der Waals surface area contributed by atoms with Gasteiger partial charge in [0.25, 0.3) is 0 Å². The Morgan fingerprint density at radius 2 is 1.18 bits per heavy atom. The van der Waals surface area contributed by atoms with E-state index in [1.807, 2.05) is 0 Å². The van der Waals surface area contributed by atoms with Gasteiger partial charge in [-0.05, 0) is 58.5 Å². The van der Waals surface area contributed by atoms with E-state index in [0.29, 0.717) is 0 Å². The van der Waals surface area contributed by atoms with Gasteiger partial charge in [0.15, 0.2) is 0 Å². The van der Waals surface area contributed by atoms with Crippen molar-refractivity contribution in [3.63, 3.8) is 0 Å². The van der Waals surface area contributed by atoms with Crippen molar-refractivity contribution in [3.8, 4) is 0 Å². The third kappa shape index (κ3) is 5.34. The minimum atomic E-state index is 1.17. The lowest BCUT2D eigenvalue weighted by Gasteiger charge is -2.23. The van der Waals surface area contributed by atoms with E-state index in [4.69, 9.17) is 0 Å². The molecule has 0 bridgehead atoms. The quantitative estimate of drug-likeness (QED) is 0.722. The summed E-state index contributed by atoms with van der Waals surface area (Å²) >= 11 is 0. The molecule has 0 atom stereocenters. The number of nitrogens with one attached hydrogen (secondary N) is 2. The Hall–Kier alpha value is -0.160. The molecule has 0 aliphatic carbocycles. The topological polar surface area (TPSA) is 30.5 Å². The van der Waals surface area contributed by atoms with E-state index in [-0.39, 0.29) is 0 Å². The van der Waals surface area contributed by atoms with Crippen LogP contribution in [-0.2, 0) is 0 Å². The summed E-state index contributed by atoms with van der Waals surface area (Å²) in [6, 6.07) is 0. The van der Waals surface area contributed by atoms with Crippen LogP contribution in [0.5, 0.6) is 0 Å². The molecule has 0 aromatic heterocycles. The summed E-state index contributed by atoms with van der Waals surface area (Å²) < 4.78 is 0. The molecular formula is C13H28N4. The van der Waals surface area contributed by atoms with Gasteiger partial charge in [-0.2, -0.15) is 0 Å². The molecule has 2 fully saturated rings. The fraction of sp³-hybridized carbons (Fsp3) is 1.00. The first-order valence-electron chi connectivity index (χ1n) is 7.31. The van der Waals surface area contributed by atoms with Crippen molar-refractivity contribution in [2.24, 2.45) is 0 Å². The van der Waals surface area contributed by atoms with E-state index in [2.05, 4.69) is 20.4 Å². The van der Waals surface area contributed by atoms with Crippen molar-refractivity contribution in [2.75, 3.05) is 65.4 Å². The summed E-state index contributed by atoms with van der Waals surface area (Å²) in [7, 11) is 0. The summed E-state index contributed by atoms with van der Waals surface area (Å²) in [5.41, 5.74) is 0. The minimum absolute atomic E-state index is 1.17. The Balaban J connectivity index is 1.57. The summed E-state index contributed by atoms with van der Waals surface area (Å²) in [6.07, 6.45) is 3.96. The molecular weight excluding hydrogens is 212 g/mol. The summed E-state index contributed by atoms with van der Waals surface area (Å²) in [5, 5.41) is 6.93. The van der Waals surface area contributed by atoms with Crippen LogP contribution in [-0.4, -0.2) is 75.2 Å². The number of nitrogens with zero attached hydrogens (tertiary/aromatic N) is 2. The molecule has 0 aromatic rings. The van der Waals surface area contributed by atoms with Crippen molar-refractivity contribution in [1.29, 1.82) is 0 Å². The second kappa shape index (κ2) is 8.03. The molecule has 0 radical (unpaired) electrons. The zero-order chi connectivity index (χ0) is 11.8. The molecule has 2 aliphatic rings. The summed E-state index contributed by atoms with van der Waals surface area (Å²) in [5.74, 6) is 0. The molecule has 2 N–H and O–H groups in total. The molecule has 2 heterocycles. The first-order chi connectivity index (χ1) is 8.45. The van der Waals surface area contributed by atoms with Gasteiger partial charge in [-0.15, -0.1) is 0 Å². The van der Waals surface area contributed by atoms with Gasteiger partial charge in [0.1, 0.15) is 0 Å². The molecule has 4 heteroatoms. The van der Waals surface area contributed by atoms with Crippen LogP contribution in [0, 0.1) is 0 Å². The van der Waals surface area contributed by atoms with Crippen LogP contribution in [0.1, 0.15) is 19.3 Å². The molecule has 2 rings (SSSR count). The maximum absolute atomic E-state index is 3.46. The molecule has 17 heavy (non-hydrogen) atoms. The third-order valence-electron chi connectivity index (χ3n) is 3.81. The van der Waals surface area contributed by atoms with E-state index in [9.17, 15) is 0 Å². The SMILES string of the molecule is C1CNCCN(CCCN2CCCNCC2)C1. The lowest BCUT2D eigenvalue weighted by Crippen LogP contribution is -2.33. The van der Waals surface area contributed by atoms with Crippen molar-refractivity contribution in [1.82, 2.24) is 20.4 Å². The van der Waals surface area contributed by atoms with Crippen LogP contribution >= 0.6 is 0 Å². The molecule has 0 spiro atoms. The highest BCUT2D eigenvalue weighted by atomic mass is 15.2. The Morgan fingerprint density at radius 1 is 0.647 bits per heavy atom. The second-order valence-corrected chi connectivity index (χ2v) is 5.24. The van der Waals surface area contributed by atoms with Crippen LogP contribution in [0.25, 0.3) is 0 Å². The number of rotatable bonds is 4. The van der Waals surface area contributed by atoms with Crippen molar-refractivity contribution in [3.05, 3.63) is 0 Å². The Kier molecular flexibility index (Phi) is 6.27.